The average molecular weight is 386 g/mol. The van der Waals surface area contributed by atoms with Gasteiger partial charge in [0.05, 0.1) is 17.9 Å². The summed E-state index contributed by atoms with van der Waals surface area (Å²) in [7, 11) is 0. The van der Waals surface area contributed by atoms with Gasteiger partial charge in [-0.25, -0.2) is 9.78 Å². The van der Waals surface area contributed by atoms with Crippen LogP contribution in [0.5, 0.6) is 0 Å². The van der Waals surface area contributed by atoms with Gasteiger partial charge >= 0.3 is 6.09 Å². The Kier molecular flexibility index (Phi) is 3.76. The van der Waals surface area contributed by atoms with Crippen LogP contribution in [0.3, 0.4) is 0 Å². The number of hydrogen-bond acceptors (Lipinski definition) is 2. The van der Waals surface area contributed by atoms with Crippen LogP contribution >= 0.6 is 15.9 Å². The second-order valence-corrected chi connectivity index (χ2v) is 6.85. The number of aromatic nitrogens is 2. The summed E-state index contributed by atoms with van der Waals surface area (Å²) in [4.78, 5) is 20.5. The molecular weight excluding hydrogens is 370 g/mol. The quantitative estimate of drug-likeness (QED) is 0.664. The Hall–Kier alpha value is -2.34. The highest BCUT2D eigenvalue weighted by molar-refractivity contribution is 9.10. The molecule has 1 fully saturated rings. The maximum Gasteiger partial charge on any atom is 0.407 e. The standard InChI is InChI=1S/C18H16BrN3O2/c19-14-9-12(8-11-4-1-2-5-13(11)14)15-10-20-17(21-15)16-6-3-7-22(16)18(23)24/h1-2,4-5,8-10,16H,3,6-7H2,(H,20,21)(H,23,24). The maximum absolute atomic E-state index is 11.3. The summed E-state index contributed by atoms with van der Waals surface area (Å²) >= 11 is 3.63. The molecule has 5 nitrogen and oxygen atoms in total. The number of carbonyl (C=O) groups is 1. The highest BCUT2D eigenvalue weighted by atomic mass is 79.9. The fourth-order valence-electron chi connectivity index (χ4n) is 3.35. The van der Waals surface area contributed by atoms with Crippen LogP contribution in [0.1, 0.15) is 24.7 Å². The fraction of sp³-hybridized carbons (Fsp3) is 0.222. The number of amides is 1. The van der Waals surface area contributed by atoms with Gasteiger partial charge in [-0.05, 0) is 35.7 Å². The van der Waals surface area contributed by atoms with Crippen molar-refractivity contribution in [2.24, 2.45) is 0 Å². The van der Waals surface area contributed by atoms with Gasteiger partial charge in [-0.1, -0.05) is 40.2 Å². The van der Waals surface area contributed by atoms with E-state index in [1.54, 1.807) is 6.20 Å². The minimum absolute atomic E-state index is 0.180. The summed E-state index contributed by atoms with van der Waals surface area (Å²) in [6.45, 7) is 0.567. The molecule has 1 aliphatic heterocycles. The molecule has 0 bridgehead atoms. The van der Waals surface area contributed by atoms with Crippen LogP contribution in [0.4, 0.5) is 4.79 Å². The van der Waals surface area contributed by atoms with Crippen molar-refractivity contribution < 1.29 is 9.90 Å². The Bertz CT molecular complexity index is 922. The highest BCUT2D eigenvalue weighted by Gasteiger charge is 2.31. The van der Waals surface area contributed by atoms with E-state index in [0.29, 0.717) is 12.4 Å². The Balaban J connectivity index is 1.71. The molecule has 6 heteroatoms. The van der Waals surface area contributed by atoms with E-state index in [1.807, 2.05) is 12.1 Å². The molecular formula is C18H16BrN3O2. The second kappa shape index (κ2) is 5.94. The molecule has 1 aromatic heterocycles. The molecule has 0 aliphatic carbocycles. The number of halogens is 1. The molecule has 2 aromatic carbocycles. The molecule has 1 saturated heterocycles. The normalized spacial score (nSPS) is 17.5. The van der Waals surface area contributed by atoms with E-state index < -0.39 is 6.09 Å². The smallest absolute Gasteiger partial charge is 0.407 e. The van der Waals surface area contributed by atoms with Gasteiger partial charge in [0.25, 0.3) is 0 Å². The van der Waals surface area contributed by atoms with E-state index in [-0.39, 0.29) is 6.04 Å². The molecule has 3 aromatic rings. The lowest BCUT2D eigenvalue weighted by Gasteiger charge is -2.19. The first-order chi connectivity index (χ1) is 11.6. The van der Waals surface area contributed by atoms with Crippen LogP contribution in [-0.2, 0) is 0 Å². The Labute approximate surface area is 147 Å². The van der Waals surface area contributed by atoms with Gasteiger partial charge in [-0.15, -0.1) is 0 Å². The van der Waals surface area contributed by atoms with Crippen molar-refractivity contribution in [3.8, 4) is 11.3 Å². The number of carboxylic acid groups (broad SMARTS) is 1. The number of nitrogens with zero attached hydrogens (tertiary/aromatic N) is 2. The molecule has 0 radical (unpaired) electrons. The van der Waals surface area contributed by atoms with Gasteiger partial charge in [-0.2, -0.15) is 0 Å². The Morgan fingerprint density at radius 2 is 2.17 bits per heavy atom. The summed E-state index contributed by atoms with van der Waals surface area (Å²) < 4.78 is 1.03. The molecule has 2 N–H and O–H groups in total. The number of benzene rings is 2. The minimum Gasteiger partial charge on any atom is -0.465 e. The third-order valence-corrected chi connectivity index (χ3v) is 5.19. The van der Waals surface area contributed by atoms with Crippen molar-refractivity contribution in [3.05, 3.63) is 52.9 Å². The molecule has 4 rings (SSSR count). The van der Waals surface area contributed by atoms with E-state index in [4.69, 9.17) is 0 Å². The number of imidazole rings is 1. The summed E-state index contributed by atoms with van der Waals surface area (Å²) in [5.41, 5.74) is 1.92. The van der Waals surface area contributed by atoms with Crippen LogP contribution < -0.4 is 0 Å². The molecule has 0 saturated carbocycles. The summed E-state index contributed by atoms with van der Waals surface area (Å²) in [5.74, 6) is 0.717. The van der Waals surface area contributed by atoms with Crippen molar-refractivity contribution in [2.45, 2.75) is 18.9 Å². The third kappa shape index (κ3) is 2.57. The van der Waals surface area contributed by atoms with Crippen LogP contribution in [-0.4, -0.2) is 32.6 Å². The predicted molar refractivity (Wildman–Crippen MR) is 95.9 cm³/mol. The summed E-state index contributed by atoms with van der Waals surface area (Å²) in [5, 5.41) is 11.6. The zero-order chi connectivity index (χ0) is 16.7. The SMILES string of the molecule is O=C(O)N1CCCC1c1ncc(-c2cc(Br)c3ccccc3c2)[nH]1. The molecule has 0 spiro atoms. The molecule has 24 heavy (non-hydrogen) atoms. The predicted octanol–water partition coefficient (Wildman–Crippen LogP) is 4.81. The third-order valence-electron chi connectivity index (χ3n) is 4.53. The topological polar surface area (TPSA) is 69.2 Å². The zero-order valence-electron chi connectivity index (χ0n) is 12.9. The van der Waals surface area contributed by atoms with E-state index in [1.165, 1.54) is 4.90 Å². The van der Waals surface area contributed by atoms with Gasteiger partial charge in [0.1, 0.15) is 5.82 Å². The van der Waals surface area contributed by atoms with Gasteiger partial charge < -0.3 is 10.1 Å². The van der Waals surface area contributed by atoms with Crippen LogP contribution in [0, 0.1) is 0 Å². The number of hydrogen-bond donors (Lipinski definition) is 2. The maximum atomic E-state index is 11.3. The van der Waals surface area contributed by atoms with Crippen molar-refractivity contribution in [1.29, 1.82) is 0 Å². The molecule has 122 valence electrons. The van der Waals surface area contributed by atoms with E-state index in [0.717, 1.165) is 39.3 Å². The monoisotopic (exact) mass is 385 g/mol. The van der Waals surface area contributed by atoms with Gasteiger partial charge in [0, 0.05) is 16.6 Å². The first kappa shape index (κ1) is 15.2. The van der Waals surface area contributed by atoms with Crippen molar-refractivity contribution >= 4 is 32.8 Å². The van der Waals surface area contributed by atoms with Crippen LogP contribution in [0.25, 0.3) is 22.0 Å². The van der Waals surface area contributed by atoms with Crippen LogP contribution in [0.15, 0.2) is 47.1 Å². The molecule has 1 amide bonds. The number of nitrogens with one attached hydrogen (secondary N) is 1. The Morgan fingerprint density at radius 3 is 3.00 bits per heavy atom. The van der Waals surface area contributed by atoms with Crippen molar-refractivity contribution in [3.63, 3.8) is 0 Å². The number of likely N-dealkylation sites (tertiary alicyclic amines) is 1. The van der Waals surface area contributed by atoms with Crippen molar-refractivity contribution in [2.75, 3.05) is 6.54 Å². The number of rotatable bonds is 2. The van der Waals surface area contributed by atoms with E-state index in [2.05, 4.69) is 50.2 Å². The molecule has 1 aliphatic rings. The van der Waals surface area contributed by atoms with Crippen molar-refractivity contribution in [1.82, 2.24) is 14.9 Å². The van der Waals surface area contributed by atoms with Gasteiger partial charge in [0.2, 0.25) is 0 Å². The van der Waals surface area contributed by atoms with Crippen LogP contribution in [0.2, 0.25) is 0 Å². The number of fused-ring (bicyclic) bond motifs is 1. The lowest BCUT2D eigenvalue weighted by atomic mass is 10.1. The molecule has 1 unspecified atom stereocenters. The number of aromatic amines is 1. The fourth-order valence-corrected chi connectivity index (χ4v) is 3.96. The average Bonchev–Trinajstić information content (AvgIpc) is 3.24. The molecule has 1 atom stereocenters. The summed E-state index contributed by atoms with van der Waals surface area (Å²) in [6.07, 6.45) is 2.57. The van der Waals surface area contributed by atoms with E-state index >= 15 is 0 Å². The van der Waals surface area contributed by atoms with Gasteiger partial charge in [0.15, 0.2) is 0 Å². The van der Waals surface area contributed by atoms with E-state index in [9.17, 15) is 9.90 Å². The molecule has 2 heterocycles. The second-order valence-electron chi connectivity index (χ2n) is 6.00. The summed E-state index contributed by atoms with van der Waals surface area (Å²) in [6, 6.07) is 12.2. The first-order valence-electron chi connectivity index (χ1n) is 7.86. The lowest BCUT2D eigenvalue weighted by molar-refractivity contribution is 0.139. The first-order valence-corrected chi connectivity index (χ1v) is 8.66. The zero-order valence-corrected chi connectivity index (χ0v) is 14.5. The number of H-pyrrole nitrogens is 1. The lowest BCUT2D eigenvalue weighted by Crippen LogP contribution is -2.29. The highest BCUT2D eigenvalue weighted by Crippen LogP contribution is 2.33. The minimum atomic E-state index is -0.885. The Morgan fingerprint density at radius 1 is 1.33 bits per heavy atom. The largest absolute Gasteiger partial charge is 0.465 e. The van der Waals surface area contributed by atoms with Gasteiger partial charge in [-0.3, -0.25) is 4.90 Å².